The number of nitrogens with one attached hydrogen (secondary N) is 2. The van der Waals surface area contributed by atoms with Gasteiger partial charge < -0.3 is 9.84 Å². The Morgan fingerprint density at radius 3 is 2.87 bits per heavy atom. The summed E-state index contributed by atoms with van der Waals surface area (Å²) in [6.45, 7) is 6.10. The van der Waals surface area contributed by atoms with Gasteiger partial charge in [-0.25, -0.2) is 0 Å². The zero-order chi connectivity index (χ0) is 11.1. The Bertz CT molecular complexity index is 384. The molecular formula is C10H15N3O2. The Morgan fingerprint density at radius 1 is 1.60 bits per heavy atom. The predicted molar refractivity (Wildman–Crippen MR) is 54.2 cm³/mol. The van der Waals surface area contributed by atoms with E-state index in [0.717, 1.165) is 11.5 Å². The number of piperazine rings is 1. The van der Waals surface area contributed by atoms with Crippen LogP contribution in [-0.2, 0) is 4.79 Å². The van der Waals surface area contributed by atoms with Crippen molar-refractivity contribution in [2.24, 2.45) is 0 Å². The van der Waals surface area contributed by atoms with Gasteiger partial charge in [-0.1, -0.05) is 5.16 Å². The van der Waals surface area contributed by atoms with Gasteiger partial charge in [-0.05, 0) is 20.8 Å². The molecular weight excluding hydrogens is 194 g/mol. The number of amides is 1. The zero-order valence-electron chi connectivity index (χ0n) is 9.13. The van der Waals surface area contributed by atoms with E-state index in [9.17, 15) is 4.79 Å². The third-order valence-corrected chi connectivity index (χ3v) is 2.57. The molecule has 0 radical (unpaired) electrons. The van der Waals surface area contributed by atoms with Crippen LogP contribution in [0, 0.1) is 6.92 Å². The molecule has 1 aromatic heterocycles. The Hall–Kier alpha value is -1.36. The first kappa shape index (κ1) is 10.2. The Morgan fingerprint density at radius 2 is 2.33 bits per heavy atom. The number of hydrogen-bond donors (Lipinski definition) is 2. The van der Waals surface area contributed by atoms with Crippen molar-refractivity contribution in [1.82, 2.24) is 15.8 Å². The van der Waals surface area contributed by atoms with Gasteiger partial charge in [-0.3, -0.25) is 10.1 Å². The van der Waals surface area contributed by atoms with E-state index >= 15 is 0 Å². The lowest BCUT2D eigenvalue weighted by atomic mass is 9.98. The van der Waals surface area contributed by atoms with Gasteiger partial charge in [-0.2, -0.15) is 0 Å². The molecule has 0 aliphatic carbocycles. The average Bonchev–Trinajstić information content (AvgIpc) is 2.57. The van der Waals surface area contributed by atoms with Crippen molar-refractivity contribution in [3.8, 4) is 0 Å². The van der Waals surface area contributed by atoms with Crippen LogP contribution in [0.25, 0.3) is 0 Å². The summed E-state index contributed by atoms with van der Waals surface area (Å²) in [7, 11) is 0. The monoisotopic (exact) mass is 209 g/mol. The van der Waals surface area contributed by atoms with Crippen molar-refractivity contribution in [1.29, 1.82) is 0 Å². The number of nitrogens with zero attached hydrogens (tertiary/aromatic N) is 1. The molecule has 1 aliphatic heterocycles. The highest BCUT2D eigenvalue weighted by Gasteiger charge is 2.36. The lowest BCUT2D eigenvalue weighted by molar-refractivity contribution is -0.128. The van der Waals surface area contributed by atoms with Crippen molar-refractivity contribution < 1.29 is 9.32 Å². The second-order valence-electron chi connectivity index (χ2n) is 4.39. The molecule has 1 unspecified atom stereocenters. The first-order valence-corrected chi connectivity index (χ1v) is 4.98. The number of rotatable bonds is 1. The largest absolute Gasteiger partial charge is 0.361 e. The Kier molecular flexibility index (Phi) is 2.26. The average molecular weight is 209 g/mol. The summed E-state index contributed by atoms with van der Waals surface area (Å²) in [6.07, 6.45) is 0. The van der Waals surface area contributed by atoms with Gasteiger partial charge in [0.05, 0.1) is 11.6 Å². The summed E-state index contributed by atoms with van der Waals surface area (Å²) in [5, 5.41) is 10.0. The van der Waals surface area contributed by atoms with E-state index in [4.69, 9.17) is 4.52 Å². The van der Waals surface area contributed by atoms with E-state index in [1.165, 1.54) is 0 Å². The van der Waals surface area contributed by atoms with Gasteiger partial charge in [0, 0.05) is 12.6 Å². The molecule has 0 spiro atoms. The minimum Gasteiger partial charge on any atom is -0.361 e. The van der Waals surface area contributed by atoms with Crippen molar-refractivity contribution in [3.05, 3.63) is 17.5 Å². The summed E-state index contributed by atoms with van der Waals surface area (Å²) in [5.41, 5.74) is 0.274. The highest BCUT2D eigenvalue weighted by atomic mass is 16.5. The molecule has 5 nitrogen and oxygen atoms in total. The molecule has 0 aromatic carbocycles. The summed E-state index contributed by atoms with van der Waals surface area (Å²) in [5.74, 6) is 0.792. The maximum absolute atomic E-state index is 11.5. The molecule has 82 valence electrons. The van der Waals surface area contributed by atoms with Gasteiger partial charge in [0.2, 0.25) is 5.91 Å². The van der Waals surface area contributed by atoms with Crippen LogP contribution in [-0.4, -0.2) is 23.1 Å². The van der Waals surface area contributed by atoms with Gasteiger partial charge >= 0.3 is 0 Å². The second kappa shape index (κ2) is 3.34. The van der Waals surface area contributed by atoms with E-state index in [0.29, 0.717) is 6.54 Å². The standard InChI is InChI=1S/C10H15N3O2/c1-6-4-7(13-15-6)8-5-11-9(14)10(2,3)12-8/h4,8,12H,5H2,1-3H3,(H,11,14). The van der Waals surface area contributed by atoms with Crippen LogP contribution >= 0.6 is 0 Å². The van der Waals surface area contributed by atoms with E-state index in [-0.39, 0.29) is 11.9 Å². The molecule has 15 heavy (non-hydrogen) atoms. The summed E-state index contributed by atoms with van der Waals surface area (Å²) < 4.78 is 5.01. The minimum absolute atomic E-state index is 0.0129. The molecule has 2 heterocycles. The molecule has 0 saturated carbocycles. The molecule has 1 atom stereocenters. The highest BCUT2D eigenvalue weighted by Crippen LogP contribution is 2.19. The topological polar surface area (TPSA) is 67.2 Å². The molecule has 1 aromatic rings. The van der Waals surface area contributed by atoms with Crippen LogP contribution in [0.3, 0.4) is 0 Å². The Labute approximate surface area is 88.2 Å². The summed E-state index contributed by atoms with van der Waals surface area (Å²) >= 11 is 0. The van der Waals surface area contributed by atoms with Crippen molar-refractivity contribution in [2.75, 3.05) is 6.54 Å². The molecule has 2 N–H and O–H groups in total. The van der Waals surface area contributed by atoms with Crippen LogP contribution in [0.15, 0.2) is 10.6 Å². The Balaban J connectivity index is 2.16. The normalized spacial score (nSPS) is 25.0. The van der Waals surface area contributed by atoms with Gasteiger partial charge in [-0.15, -0.1) is 0 Å². The molecule has 1 saturated heterocycles. The van der Waals surface area contributed by atoms with Gasteiger partial charge in [0.15, 0.2) is 0 Å². The number of carbonyl (C=O) groups excluding carboxylic acids is 1. The maximum Gasteiger partial charge on any atom is 0.239 e. The van der Waals surface area contributed by atoms with Crippen LogP contribution < -0.4 is 10.6 Å². The van der Waals surface area contributed by atoms with Gasteiger partial charge in [0.1, 0.15) is 11.5 Å². The molecule has 2 rings (SSSR count). The first-order valence-electron chi connectivity index (χ1n) is 4.98. The SMILES string of the molecule is Cc1cc(C2CNC(=O)C(C)(C)N2)no1. The van der Waals surface area contributed by atoms with Crippen LogP contribution in [0.4, 0.5) is 0 Å². The quantitative estimate of drug-likeness (QED) is 0.707. The number of hydrogen-bond acceptors (Lipinski definition) is 4. The number of carbonyl (C=O) groups is 1. The molecule has 5 heteroatoms. The van der Waals surface area contributed by atoms with Crippen LogP contribution in [0.2, 0.25) is 0 Å². The third-order valence-electron chi connectivity index (χ3n) is 2.57. The molecule has 1 amide bonds. The summed E-state index contributed by atoms with van der Waals surface area (Å²) in [4.78, 5) is 11.5. The highest BCUT2D eigenvalue weighted by molar-refractivity contribution is 5.86. The molecule has 1 fully saturated rings. The number of aromatic nitrogens is 1. The van der Waals surface area contributed by atoms with Crippen molar-refractivity contribution >= 4 is 5.91 Å². The van der Waals surface area contributed by atoms with E-state index in [1.807, 2.05) is 26.8 Å². The molecule has 0 bridgehead atoms. The fourth-order valence-corrected chi connectivity index (χ4v) is 1.70. The van der Waals surface area contributed by atoms with E-state index in [1.54, 1.807) is 0 Å². The fourth-order valence-electron chi connectivity index (χ4n) is 1.70. The van der Waals surface area contributed by atoms with Crippen LogP contribution in [0.5, 0.6) is 0 Å². The van der Waals surface area contributed by atoms with E-state index in [2.05, 4.69) is 15.8 Å². The third kappa shape index (κ3) is 1.87. The minimum atomic E-state index is -0.560. The zero-order valence-corrected chi connectivity index (χ0v) is 9.13. The fraction of sp³-hybridized carbons (Fsp3) is 0.600. The van der Waals surface area contributed by atoms with Crippen molar-refractivity contribution in [3.63, 3.8) is 0 Å². The smallest absolute Gasteiger partial charge is 0.239 e. The lowest BCUT2D eigenvalue weighted by Gasteiger charge is -2.35. The first-order chi connectivity index (χ1) is 6.99. The second-order valence-corrected chi connectivity index (χ2v) is 4.39. The van der Waals surface area contributed by atoms with Crippen LogP contribution in [0.1, 0.15) is 31.3 Å². The van der Waals surface area contributed by atoms with Gasteiger partial charge in [0.25, 0.3) is 0 Å². The lowest BCUT2D eigenvalue weighted by Crippen LogP contribution is -2.60. The number of aryl methyl sites for hydroxylation is 1. The molecule has 1 aliphatic rings. The predicted octanol–water partition coefficient (Wildman–Crippen LogP) is 0.522. The van der Waals surface area contributed by atoms with E-state index < -0.39 is 5.54 Å². The van der Waals surface area contributed by atoms with Crippen molar-refractivity contribution in [2.45, 2.75) is 32.4 Å². The maximum atomic E-state index is 11.5. The summed E-state index contributed by atoms with van der Waals surface area (Å²) in [6, 6.07) is 1.90.